The van der Waals surface area contributed by atoms with Crippen LogP contribution >= 0.6 is 0 Å². The third kappa shape index (κ3) is 5.81. The molecule has 3 rings (SSSR count). The maximum Gasteiger partial charge on any atom is 0.251 e. The first-order valence-electron chi connectivity index (χ1n) is 10.2. The first kappa shape index (κ1) is 20.9. The van der Waals surface area contributed by atoms with E-state index in [-0.39, 0.29) is 17.9 Å². The molecule has 0 saturated carbocycles. The number of hydrogen-bond acceptors (Lipinski definition) is 3. The van der Waals surface area contributed by atoms with Crippen molar-refractivity contribution in [2.45, 2.75) is 32.2 Å². The van der Waals surface area contributed by atoms with E-state index < -0.39 is 0 Å². The van der Waals surface area contributed by atoms with Crippen molar-refractivity contribution in [3.63, 3.8) is 0 Å². The van der Waals surface area contributed by atoms with E-state index in [4.69, 9.17) is 4.74 Å². The van der Waals surface area contributed by atoms with E-state index in [9.17, 15) is 9.59 Å². The van der Waals surface area contributed by atoms with Crippen molar-refractivity contribution in [3.05, 3.63) is 59.7 Å². The van der Waals surface area contributed by atoms with Gasteiger partial charge < -0.3 is 20.3 Å². The molecule has 1 heterocycles. The van der Waals surface area contributed by atoms with Gasteiger partial charge in [0.2, 0.25) is 5.91 Å². The lowest BCUT2D eigenvalue weighted by Crippen LogP contribution is -3.13. The van der Waals surface area contributed by atoms with Crippen molar-refractivity contribution in [3.8, 4) is 5.75 Å². The second kappa shape index (κ2) is 10.1. The molecule has 2 aromatic carbocycles. The van der Waals surface area contributed by atoms with Gasteiger partial charge in [-0.1, -0.05) is 0 Å². The Balaban J connectivity index is 1.68. The highest BCUT2D eigenvalue weighted by atomic mass is 16.5. The zero-order valence-electron chi connectivity index (χ0n) is 17.2. The fraction of sp³-hybridized carbons (Fsp3) is 0.391. The van der Waals surface area contributed by atoms with Gasteiger partial charge in [-0.3, -0.25) is 9.59 Å². The predicted octanol–water partition coefficient (Wildman–Crippen LogP) is 2.19. The number of methoxy groups -OCH3 is 1. The first-order chi connectivity index (χ1) is 14.1. The molecule has 3 N–H and O–H groups in total. The van der Waals surface area contributed by atoms with Crippen LogP contribution in [0.25, 0.3) is 0 Å². The van der Waals surface area contributed by atoms with E-state index in [1.54, 1.807) is 31.4 Å². The summed E-state index contributed by atoms with van der Waals surface area (Å²) in [6, 6.07) is 15.3. The van der Waals surface area contributed by atoms with Gasteiger partial charge in [0.05, 0.1) is 26.7 Å². The van der Waals surface area contributed by atoms with Crippen LogP contribution in [0.3, 0.4) is 0 Å². The third-order valence-corrected chi connectivity index (χ3v) is 5.44. The van der Waals surface area contributed by atoms with Gasteiger partial charge in [0.25, 0.3) is 5.91 Å². The normalized spacial score (nSPS) is 15.4. The number of carbonyl (C=O) groups excluding carboxylic acids is 2. The SMILES string of the molecule is COc1ccc([C@H](CNC(=O)c2ccc(NC(C)=O)cc2)[NH+]2CCCCC2)cc1. The fourth-order valence-corrected chi connectivity index (χ4v) is 3.89. The van der Waals surface area contributed by atoms with Crippen LogP contribution in [-0.2, 0) is 4.79 Å². The van der Waals surface area contributed by atoms with Crippen molar-refractivity contribution in [1.82, 2.24) is 5.32 Å². The lowest BCUT2D eigenvalue weighted by molar-refractivity contribution is -0.935. The van der Waals surface area contributed by atoms with Crippen LogP contribution < -0.4 is 20.3 Å². The molecular weight excluding hydrogens is 366 g/mol. The number of rotatable bonds is 7. The summed E-state index contributed by atoms with van der Waals surface area (Å²) in [6.07, 6.45) is 3.73. The largest absolute Gasteiger partial charge is 0.497 e. The summed E-state index contributed by atoms with van der Waals surface area (Å²) < 4.78 is 5.28. The molecule has 2 amide bonds. The topological polar surface area (TPSA) is 71.9 Å². The smallest absolute Gasteiger partial charge is 0.251 e. The van der Waals surface area contributed by atoms with Crippen LogP contribution in [0, 0.1) is 0 Å². The summed E-state index contributed by atoms with van der Waals surface area (Å²) in [7, 11) is 1.67. The highest BCUT2D eigenvalue weighted by Gasteiger charge is 2.26. The standard InChI is InChI=1S/C23H29N3O3/c1-17(27)25-20-10-6-19(7-11-20)23(28)24-16-22(26-14-4-3-5-15-26)18-8-12-21(29-2)13-9-18/h6-13,22H,3-5,14-16H2,1-2H3,(H,24,28)(H,25,27)/p+1/t22-/m0/s1. The van der Waals surface area contributed by atoms with Gasteiger partial charge in [0.1, 0.15) is 11.8 Å². The Bertz CT molecular complexity index is 812. The van der Waals surface area contributed by atoms with Gasteiger partial charge in [-0.2, -0.15) is 0 Å². The van der Waals surface area contributed by atoms with E-state index in [1.165, 1.54) is 36.6 Å². The van der Waals surface area contributed by atoms with Crippen molar-refractivity contribution < 1.29 is 19.2 Å². The van der Waals surface area contributed by atoms with Gasteiger partial charge in [-0.05, 0) is 67.8 Å². The molecule has 154 valence electrons. The molecule has 1 atom stereocenters. The van der Waals surface area contributed by atoms with Crippen molar-refractivity contribution >= 4 is 17.5 Å². The summed E-state index contributed by atoms with van der Waals surface area (Å²) in [5.74, 6) is 0.604. The molecule has 0 radical (unpaired) electrons. The molecule has 1 fully saturated rings. The third-order valence-electron chi connectivity index (χ3n) is 5.44. The number of piperidine rings is 1. The number of carbonyl (C=O) groups is 2. The maximum atomic E-state index is 12.7. The van der Waals surface area contributed by atoms with Crippen molar-refractivity contribution in [2.24, 2.45) is 0 Å². The maximum absolute atomic E-state index is 12.7. The zero-order valence-corrected chi connectivity index (χ0v) is 17.2. The van der Waals surface area contributed by atoms with Gasteiger partial charge in [-0.15, -0.1) is 0 Å². The molecule has 29 heavy (non-hydrogen) atoms. The predicted molar refractivity (Wildman–Crippen MR) is 113 cm³/mol. The number of quaternary nitrogens is 1. The Morgan fingerprint density at radius 2 is 1.66 bits per heavy atom. The second-order valence-corrected chi connectivity index (χ2v) is 7.51. The van der Waals surface area contributed by atoms with Crippen LogP contribution in [-0.4, -0.2) is 38.6 Å². The van der Waals surface area contributed by atoms with Crippen LogP contribution in [0.4, 0.5) is 5.69 Å². The summed E-state index contributed by atoms with van der Waals surface area (Å²) in [5, 5.41) is 5.82. The minimum absolute atomic E-state index is 0.103. The molecule has 0 spiro atoms. The monoisotopic (exact) mass is 396 g/mol. The fourth-order valence-electron chi connectivity index (χ4n) is 3.89. The highest BCUT2D eigenvalue weighted by Crippen LogP contribution is 2.17. The quantitative estimate of drug-likeness (QED) is 0.672. The Morgan fingerprint density at radius 3 is 2.24 bits per heavy atom. The van der Waals surface area contributed by atoms with Crippen LogP contribution in [0.5, 0.6) is 5.75 Å². The highest BCUT2D eigenvalue weighted by molar-refractivity contribution is 5.95. The van der Waals surface area contributed by atoms with Gasteiger partial charge in [0, 0.05) is 23.7 Å². The number of ether oxygens (including phenoxy) is 1. The molecule has 0 aliphatic carbocycles. The molecular formula is C23H30N3O3+. The van der Waals surface area contributed by atoms with Crippen molar-refractivity contribution in [1.29, 1.82) is 0 Å². The van der Waals surface area contributed by atoms with Gasteiger partial charge >= 0.3 is 0 Å². The number of likely N-dealkylation sites (tertiary alicyclic amines) is 1. The average Bonchev–Trinajstić information content (AvgIpc) is 2.75. The number of nitrogens with one attached hydrogen (secondary N) is 3. The van der Waals surface area contributed by atoms with E-state index >= 15 is 0 Å². The average molecular weight is 397 g/mol. The zero-order chi connectivity index (χ0) is 20.6. The molecule has 1 aliphatic heterocycles. The minimum atomic E-state index is -0.131. The Morgan fingerprint density at radius 1 is 1.00 bits per heavy atom. The molecule has 0 aromatic heterocycles. The lowest BCUT2D eigenvalue weighted by Gasteiger charge is -2.32. The Hall–Kier alpha value is -2.86. The summed E-state index contributed by atoms with van der Waals surface area (Å²) >= 11 is 0. The van der Waals surface area contributed by atoms with Crippen LogP contribution in [0.2, 0.25) is 0 Å². The van der Waals surface area contributed by atoms with Crippen LogP contribution in [0.15, 0.2) is 48.5 Å². The number of benzene rings is 2. The van der Waals surface area contributed by atoms with Gasteiger partial charge in [-0.25, -0.2) is 0 Å². The molecule has 0 bridgehead atoms. The molecule has 2 aromatic rings. The molecule has 1 saturated heterocycles. The Kier molecular flexibility index (Phi) is 7.25. The van der Waals surface area contributed by atoms with Gasteiger partial charge in [0.15, 0.2) is 0 Å². The van der Waals surface area contributed by atoms with E-state index in [0.29, 0.717) is 17.8 Å². The number of anilines is 1. The molecule has 0 unspecified atom stereocenters. The first-order valence-corrected chi connectivity index (χ1v) is 10.2. The number of hydrogen-bond donors (Lipinski definition) is 3. The van der Waals surface area contributed by atoms with E-state index in [2.05, 4.69) is 22.8 Å². The van der Waals surface area contributed by atoms with E-state index in [0.717, 1.165) is 18.8 Å². The van der Waals surface area contributed by atoms with Crippen molar-refractivity contribution in [2.75, 3.05) is 32.1 Å². The molecule has 1 aliphatic rings. The summed E-state index contributed by atoms with van der Waals surface area (Å²) in [6.45, 7) is 4.28. The Labute approximate surface area is 172 Å². The lowest BCUT2D eigenvalue weighted by atomic mass is 10.0. The summed E-state index contributed by atoms with van der Waals surface area (Å²) in [5.41, 5.74) is 2.48. The number of amides is 2. The van der Waals surface area contributed by atoms with Crippen LogP contribution in [0.1, 0.15) is 48.1 Å². The minimum Gasteiger partial charge on any atom is -0.497 e. The van der Waals surface area contributed by atoms with E-state index in [1.807, 2.05) is 12.1 Å². The second-order valence-electron chi connectivity index (χ2n) is 7.51. The molecule has 6 nitrogen and oxygen atoms in total. The summed E-state index contributed by atoms with van der Waals surface area (Å²) in [4.78, 5) is 25.3. The molecule has 6 heteroatoms.